The molecule has 0 unspecified atom stereocenters. The van der Waals surface area contributed by atoms with Gasteiger partial charge in [0.1, 0.15) is 5.01 Å². The molecule has 0 atom stereocenters. The third-order valence-electron chi connectivity index (χ3n) is 1.86. The third-order valence-corrected chi connectivity index (χ3v) is 3.00. The Kier molecular flexibility index (Phi) is 2.46. The second-order valence-electron chi connectivity index (χ2n) is 2.81. The van der Waals surface area contributed by atoms with Gasteiger partial charge in [-0.15, -0.1) is 16.4 Å². The molecule has 2 aromatic heterocycles. The van der Waals surface area contributed by atoms with Crippen molar-refractivity contribution in [3.63, 3.8) is 0 Å². The van der Waals surface area contributed by atoms with Gasteiger partial charge in [0.05, 0.1) is 0 Å². The van der Waals surface area contributed by atoms with E-state index in [-0.39, 0.29) is 5.69 Å². The van der Waals surface area contributed by atoms with Crippen molar-refractivity contribution < 1.29 is 9.90 Å². The zero-order valence-corrected chi connectivity index (χ0v) is 8.71. The van der Waals surface area contributed by atoms with E-state index in [2.05, 4.69) is 20.4 Å². The molecule has 2 heterocycles. The Morgan fingerprint density at radius 1 is 1.60 bits per heavy atom. The molecule has 78 valence electrons. The highest BCUT2D eigenvalue weighted by molar-refractivity contribution is 7.15. The van der Waals surface area contributed by atoms with Gasteiger partial charge in [-0.3, -0.25) is 0 Å². The van der Waals surface area contributed by atoms with Gasteiger partial charge in [0.15, 0.2) is 5.69 Å². The maximum atomic E-state index is 10.8. The summed E-state index contributed by atoms with van der Waals surface area (Å²) < 4.78 is 0. The zero-order valence-electron chi connectivity index (χ0n) is 7.89. The van der Waals surface area contributed by atoms with Gasteiger partial charge in [-0.1, -0.05) is 6.92 Å². The lowest BCUT2D eigenvalue weighted by atomic mass is 10.3. The van der Waals surface area contributed by atoms with Crippen molar-refractivity contribution in [1.29, 1.82) is 0 Å². The number of thiazole rings is 1. The fourth-order valence-electron chi connectivity index (χ4n) is 1.11. The van der Waals surface area contributed by atoms with Crippen LogP contribution in [0.2, 0.25) is 0 Å². The van der Waals surface area contributed by atoms with Crippen LogP contribution in [0.15, 0.2) is 6.20 Å². The van der Waals surface area contributed by atoms with Crippen LogP contribution in [0.25, 0.3) is 10.7 Å². The van der Waals surface area contributed by atoms with Crippen LogP contribution in [0.1, 0.15) is 22.3 Å². The second kappa shape index (κ2) is 3.77. The van der Waals surface area contributed by atoms with Gasteiger partial charge in [0, 0.05) is 11.1 Å². The molecule has 0 amide bonds. The highest BCUT2D eigenvalue weighted by Gasteiger charge is 2.19. The largest absolute Gasteiger partial charge is 0.476 e. The lowest BCUT2D eigenvalue weighted by Crippen LogP contribution is -1.98. The summed E-state index contributed by atoms with van der Waals surface area (Å²) in [4.78, 5) is 16.0. The summed E-state index contributed by atoms with van der Waals surface area (Å²) in [5.41, 5.74) is 0.208. The van der Waals surface area contributed by atoms with Crippen LogP contribution in [0.4, 0.5) is 0 Å². The standard InChI is InChI=1S/C8H8N4O2S/c1-2-4-3-9-7(15-4)5-6(8(13)14)11-12-10-5/h3H,2H2,1H3,(H,13,14)(H,10,11,12). The van der Waals surface area contributed by atoms with Gasteiger partial charge in [0.2, 0.25) is 5.69 Å². The van der Waals surface area contributed by atoms with E-state index < -0.39 is 5.97 Å². The molecule has 0 aliphatic rings. The van der Waals surface area contributed by atoms with Crippen molar-refractivity contribution in [3.05, 3.63) is 16.8 Å². The summed E-state index contributed by atoms with van der Waals surface area (Å²) in [6.07, 6.45) is 2.60. The average Bonchev–Trinajstić information content (AvgIpc) is 2.85. The number of aryl methyl sites for hydroxylation is 1. The molecule has 0 bridgehead atoms. The molecule has 7 heteroatoms. The van der Waals surface area contributed by atoms with Crippen LogP contribution in [-0.4, -0.2) is 31.5 Å². The van der Waals surface area contributed by atoms with E-state index in [4.69, 9.17) is 5.11 Å². The molecule has 2 N–H and O–H groups in total. The molecule has 2 aromatic rings. The van der Waals surface area contributed by atoms with Crippen LogP contribution in [-0.2, 0) is 6.42 Å². The van der Waals surface area contributed by atoms with E-state index in [0.29, 0.717) is 10.7 Å². The fraction of sp³-hybridized carbons (Fsp3) is 0.250. The normalized spacial score (nSPS) is 10.5. The molecular formula is C8H8N4O2S. The fourth-order valence-corrected chi connectivity index (χ4v) is 1.95. The van der Waals surface area contributed by atoms with E-state index in [1.165, 1.54) is 11.3 Å². The van der Waals surface area contributed by atoms with Crippen LogP contribution in [0.5, 0.6) is 0 Å². The predicted molar refractivity (Wildman–Crippen MR) is 53.8 cm³/mol. The Morgan fingerprint density at radius 2 is 2.40 bits per heavy atom. The van der Waals surface area contributed by atoms with Crippen molar-refractivity contribution in [2.24, 2.45) is 0 Å². The predicted octanol–water partition coefficient (Wildman–Crippen LogP) is 1.19. The maximum Gasteiger partial charge on any atom is 0.358 e. The number of carbonyl (C=O) groups is 1. The van der Waals surface area contributed by atoms with Crippen LogP contribution in [0.3, 0.4) is 0 Å². The lowest BCUT2D eigenvalue weighted by molar-refractivity contribution is 0.0691. The number of nitrogens with one attached hydrogen (secondary N) is 1. The number of aromatic amines is 1. The van der Waals surface area contributed by atoms with Crippen molar-refractivity contribution in [1.82, 2.24) is 20.4 Å². The number of hydrogen-bond donors (Lipinski definition) is 2. The Balaban J connectivity index is 2.44. The van der Waals surface area contributed by atoms with Gasteiger partial charge in [-0.25, -0.2) is 9.78 Å². The highest BCUT2D eigenvalue weighted by Crippen LogP contribution is 2.25. The number of nitrogens with zero attached hydrogens (tertiary/aromatic N) is 3. The number of carboxylic acid groups (broad SMARTS) is 1. The Hall–Kier alpha value is -1.76. The molecule has 0 spiro atoms. The maximum absolute atomic E-state index is 10.8. The van der Waals surface area contributed by atoms with Crippen molar-refractivity contribution >= 4 is 17.3 Å². The summed E-state index contributed by atoms with van der Waals surface area (Å²) in [5.74, 6) is -1.10. The Labute approximate surface area is 89.0 Å². The number of aromatic nitrogens is 4. The number of hydrogen-bond acceptors (Lipinski definition) is 5. The number of rotatable bonds is 3. The molecule has 0 radical (unpaired) electrons. The number of H-pyrrole nitrogens is 1. The zero-order chi connectivity index (χ0) is 10.8. The first kappa shape index (κ1) is 9.78. The highest BCUT2D eigenvalue weighted by atomic mass is 32.1. The summed E-state index contributed by atoms with van der Waals surface area (Å²) in [6, 6.07) is 0. The molecule has 2 rings (SSSR count). The molecule has 0 aliphatic carbocycles. The van der Waals surface area contributed by atoms with E-state index in [1.54, 1.807) is 6.20 Å². The van der Waals surface area contributed by atoms with E-state index in [9.17, 15) is 4.79 Å². The Bertz CT molecular complexity index is 490. The van der Waals surface area contributed by atoms with Crippen LogP contribution >= 0.6 is 11.3 Å². The smallest absolute Gasteiger partial charge is 0.358 e. The van der Waals surface area contributed by atoms with Crippen LogP contribution < -0.4 is 0 Å². The molecule has 0 fully saturated rings. The van der Waals surface area contributed by atoms with Gasteiger partial charge in [0.25, 0.3) is 0 Å². The quantitative estimate of drug-likeness (QED) is 0.817. The summed E-state index contributed by atoms with van der Waals surface area (Å²) in [6.45, 7) is 2.01. The van der Waals surface area contributed by atoms with Gasteiger partial charge < -0.3 is 5.11 Å². The average molecular weight is 224 g/mol. The number of carboxylic acids is 1. The minimum absolute atomic E-state index is 0.0907. The molecular weight excluding hydrogens is 216 g/mol. The van der Waals surface area contributed by atoms with Crippen molar-refractivity contribution in [3.8, 4) is 10.7 Å². The summed E-state index contributed by atoms with van der Waals surface area (Å²) >= 11 is 1.43. The summed E-state index contributed by atoms with van der Waals surface area (Å²) in [7, 11) is 0. The first-order valence-corrected chi connectivity index (χ1v) is 5.13. The van der Waals surface area contributed by atoms with E-state index in [0.717, 1.165) is 11.3 Å². The second-order valence-corrected chi connectivity index (χ2v) is 3.93. The summed E-state index contributed by atoms with van der Waals surface area (Å²) in [5, 5.41) is 19.1. The first-order chi connectivity index (χ1) is 7.22. The Morgan fingerprint density at radius 3 is 3.00 bits per heavy atom. The molecule has 0 aromatic carbocycles. The van der Waals surface area contributed by atoms with E-state index in [1.807, 2.05) is 6.92 Å². The van der Waals surface area contributed by atoms with Gasteiger partial charge >= 0.3 is 5.97 Å². The van der Waals surface area contributed by atoms with Crippen molar-refractivity contribution in [2.45, 2.75) is 13.3 Å². The molecule has 0 saturated carbocycles. The molecule has 0 saturated heterocycles. The number of aromatic carboxylic acids is 1. The first-order valence-electron chi connectivity index (χ1n) is 4.31. The van der Waals surface area contributed by atoms with Gasteiger partial charge in [-0.2, -0.15) is 10.3 Å². The lowest BCUT2D eigenvalue weighted by Gasteiger charge is -1.89. The SMILES string of the molecule is CCc1cnc(-c2n[nH]nc2C(=O)O)s1. The monoisotopic (exact) mass is 224 g/mol. The molecule has 6 nitrogen and oxygen atoms in total. The minimum Gasteiger partial charge on any atom is -0.476 e. The van der Waals surface area contributed by atoms with Crippen LogP contribution in [0, 0.1) is 0 Å². The molecule has 0 aliphatic heterocycles. The third kappa shape index (κ3) is 1.73. The van der Waals surface area contributed by atoms with Crippen molar-refractivity contribution in [2.75, 3.05) is 0 Å². The van der Waals surface area contributed by atoms with Gasteiger partial charge in [-0.05, 0) is 6.42 Å². The topological polar surface area (TPSA) is 91.8 Å². The minimum atomic E-state index is -1.10. The van der Waals surface area contributed by atoms with E-state index >= 15 is 0 Å². The molecule has 15 heavy (non-hydrogen) atoms.